The Hall–Kier alpha value is -1.08. The molecule has 0 aromatic heterocycles. The SMILES string of the molecule is N#C[C@@H]1COC[C@H]1C(=O)O. The monoisotopic (exact) mass is 141 g/mol. The molecule has 0 bridgehead atoms. The second kappa shape index (κ2) is 2.67. The molecule has 1 heterocycles. The third-order valence-corrected chi connectivity index (χ3v) is 1.56. The standard InChI is InChI=1S/C6H7NO3/c7-1-4-2-10-3-5(4)6(8)9/h4-5H,2-3H2,(H,8,9)/t4-,5-/m1/s1. The molecule has 1 N–H and O–H groups in total. The van der Waals surface area contributed by atoms with Gasteiger partial charge in [0.05, 0.1) is 31.1 Å². The van der Waals surface area contributed by atoms with Crippen molar-refractivity contribution >= 4 is 5.97 Å². The van der Waals surface area contributed by atoms with E-state index in [1.54, 1.807) is 0 Å². The zero-order valence-electron chi connectivity index (χ0n) is 5.28. The second-order valence-electron chi connectivity index (χ2n) is 2.22. The first-order valence-corrected chi connectivity index (χ1v) is 2.96. The van der Waals surface area contributed by atoms with Gasteiger partial charge in [0, 0.05) is 0 Å². The van der Waals surface area contributed by atoms with Crippen LogP contribution in [0.3, 0.4) is 0 Å². The first-order valence-electron chi connectivity index (χ1n) is 2.96. The van der Waals surface area contributed by atoms with Crippen LogP contribution >= 0.6 is 0 Å². The lowest BCUT2D eigenvalue weighted by molar-refractivity contribution is -0.142. The Balaban J connectivity index is 2.61. The van der Waals surface area contributed by atoms with Crippen LogP contribution in [0.4, 0.5) is 0 Å². The topological polar surface area (TPSA) is 70.3 Å². The molecule has 0 amide bonds. The van der Waals surface area contributed by atoms with Crippen LogP contribution in [0.5, 0.6) is 0 Å². The molecule has 1 aliphatic rings. The van der Waals surface area contributed by atoms with Crippen molar-refractivity contribution in [2.75, 3.05) is 13.2 Å². The Labute approximate surface area is 58.0 Å². The molecule has 0 aromatic carbocycles. The van der Waals surface area contributed by atoms with Gasteiger partial charge in [0.15, 0.2) is 0 Å². The van der Waals surface area contributed by atoms with Gasteiger partial charge in [-0.3, -0.25) is 4.79 Å². The highest BCUT2D eigenvalue weighted by Crippen LogP contribution is 2.19. The van der Waals surface area contributed by atoms with Crippen LogP contribution in [0.2, 0.25) is 0 Å². The van der Waals surface area contributed by atoms with E-state index < -0.39 is 17.8 Å². The van der Waals surface area contributed by atoms with Crippen molar-refractivity contribution in [3.63, 3.8) is 0 Å². The zero-order valence-corrected chi connectivity index (χ0v) is 5.28. The first-order chi connectivity index (χ1) is 4.75. The van der Waals surface area contributed by atoms with Gasteiger partial charge in [-0.05, 0) is 0 Å². The van der Waals surface area contributed by atoms with Crippen LogP contribution in [-0.2, 0) is 9.53 Å². The van der Waals surface area contributed by atoms with Crippen LogP contribution in [0, 0.1) is 23.2 Å². The summed E-state index contributed by atoms with van der Waals surface area (Å²) in [4.78, 5) is 10.3. The highest BCUT2D eigenvalue weighted by Gasteiger charge is 2.33. The molecule has 4 heteroatoms. The third kappa shape index (κ3) is 1.09. The minimum atomic E-state index is -0.941. The summed E-state index contributed by atoms with van der Waals surface area (Å²) in [5.74, 6) is -2.02. The number of aliphatic carboxylic acids is 1. The van der Waals surface area contributed by atoms with E-state index in [2.05, 4.69) is 0 Å². The molecule has 0 aliphatic carbocycles. The lowest BCUT2D eigenvalue weighted by Gasteiger charge is -2.02. The number of rotatable bonds is 1. The lowest BCUT2D eigenvalue weighted by Crippen LogP contribution is -2.20. The van der Waals surface area contributed by atoms with Crippen LogP contribution in [0.25, 0.3) is 0 Å². The minimum absolute atomic E-state index is 0.174. The summed E-state index contributed by atoms with van der Waals surface area (Å²) in [6.45, 7) is 0.432. The number of carboxylic acid groups (broad SMARTS) is 1. The normalized spacial score (nSPS) is 31.5. The lowest BCUT2D eigenvalue weighted by atomic mass is 9.98. The minimum Gasteiger partial charge on any atom is -0.481 e. The molecule has 0 radical (unpaired) electrons. The summed E-state index contributed by atoms with van der Waals surface area (Å²) in [7, 11) is 0. The van der Waals surface area contributed by atoms with Gasteiger partial charge in [-0.25, -0.2) is 0 Å². The number of ether oxygens (including phenoxy) is 1. The summed E-state index contributed by atoms with van der Waals surface area (Å²) >= 11 is 0. The van der Waals surface area contributed by atoms with Crippen molar-refractivity contribution in [1.29, 1.82) is 5.26 Å². The van der Waals surface area contributed by atoms with Gasteiger partial charge in [0.1, 0.15) is 0 Å². The molecule has 4 nitrogen and oxygen atoms in total. The maximum absolute atomic E-state index is 10.3. The second-order valence-corrected chi connectivity index (χ2v) is 2.22. The highest BCUT2D eigenvalue weighted by molar-refractivity contribution is 5.71. The van der Waals surface area contributed by atoms with Crippen molar-refractivity contribution in [3.8, 4) is 6.07 Å². The number of hydrogen-bond acceptors (Lipinski definition) is 3. The van der Waals surface area contributed by atoms with E-state index in [9.17, 15) is 4.79 Å². The molecule has 0 spiro atoms. The number of carboxylic acids is 1. The Morgan fingerprint density at radius 3 is 2.80 bits per heavy atom. The van der Waals surface area contributed by atoms with Crippen LogP contribution in [0.15, 0.2) is 0 Å². The maximum Gasteiger partial charge on any atom is 0.310 e. The molecule has 1 fully saturated rings. The van der Waals surface area contributed by atoms with Crippen molar-refractivity contribution in [2.45, 2.75) is 0 Å². The van der Waals surface area contributed by atoms with Crippen LogP contribution in [-0.4, -0.2) is 24.3 Å². The largest absolute Gasteiger partial charge is 0.481 e. The van der Waals surface area contributed by atoms with E-state index in [0.717, 1.165) is 0 Å². The van der Waals surface area contributed by atoms with Crippen molar-refractivity contribution in [1.82, 2.24) is 0 Å². The van der Waals surface area contributed by atoms with E-state index in [-0.39, 0.29) is 13.2 Å². The van der Waals surface area contributed by atoms with Crippen molar-refractivity contribution < 1.29 is 14.6 Å². The molecular formula is C6H7NO3. The van der Waals surface area contributed by atoms with Gasteiger partial charge >= 0.3 is 5.97 Å². The number of hydrogen-bond donors (Lipinski definition) is 1. The highest BCUT2D eigenvalue weighted by atomic mass is 16.5. The number of nitriles is 1. The molecule has 10 heavy (non-hydrogen) atoms. The Morgan fingerprint density at radius 1 is 1.70 bits per heavy atom. The number of nitrogens with zero attached hydrogens (tertiary/aromatic N) is 1. The molecule has 0 aromatic rings. The summed E-state index contributed by atoms with van der Waals surface area (Å²) in [5, 5.41) is 16.9. The predicted molar refractivity (Wildman–Crippen MR) is 31.0 cm³/mol. The Morgan fingerprint density at radius 2 is 2.40 bits per heavy atom. The quantitative estimate of drug-likeness (QED) is 0.551. The summed E-state index contributed by atoms with van der Waals surface area (Å²) in [6.07, 6.45) is 0. The summed E-state index contributed by atoms with van der Waals surface area (Å²) < 4.78 is 4.82. The zero-order chi connectivity index (χ0) is 7.56. The molecule has 1 saturated heterocycles. The molecule has 0 unspecified atom stereocenters. The predicted octanol–water partition coefficient (Wildman–Crippen LogP) is -0.143. The van der Waals surface area contributed by atoms with Crippen LogP contribution in [0.1, 0.15) is 0 Å². The molecule has 1 rings (SSSR count). The molecule has 0 saturated carbocycles. The first kappa shape index (κ1) is 7.03. The summed E-state index contributed by atoms with van der Waals surface area (Å²) in [5.41, 5.74) is 0. The van der Waals surface area contributed by atoms with Crippen molar-refractivity contribution in [3.05, 3.63) is 0 Å². The van der Waals surface area contributed by atoms with Crippen LogP contribution < -0.4 is 0 Å². The van der Waals surface area contributed by atoms with Crippen molar-refractivity contribution in [2.24, 2.45) is 11.8 Å². The van der Waals surface area contributed by atoms with E-state index in [1.165, 1.54) is 0 Å². The molecular weight excluding hydrogens is 134 g/mol. The van der Waals surface area contributed by atoms with Gasteiger partial charge in [-0.1, -0.05) is 0 Å². The fraction of sp³-hybridized carbons (Fsp3) is 0.667. The average Bonchev–Trinajstić information content (AvgIpc) is 2.33. The van der Waals surface area contributed by atoms with Gasteiger partial charge in [0.2, 0.25) is 0 Å². The van der Waals surface area contributed by atoms with Gasteiger partial charge in [-0.2, -0.15) is 5.26 Å². The average molecular weight is 141 g/mol. The van der Waals surface area contributed by atoms with E-state index in [4.69, 9.17) is 15.1 Å². The fourth-order valence-corrected chi connectivity index (χ4v) is 0.925. The van der Waals surface area contributed by atoms with E-state index in [0.29, 0.717) is 0 Å². The van der Waals surface area contributed by atoms with E-state index in [1.807, 2.05) is 6.07 Å². The Kier molecular flexibility index (Phi) is 1.88. The smallest absolute Gasteiger partial charge is 0.310 e. The molecule has 54 valence electrons. The third-order valence-electron chi connectivity index (χ3n) is 1.56. The molecule has 2 atom stereocenters. The van der Waals surface area contributed by atoms with Gasteiger partial charge in [0.25, 0.3) is 0 Å². The number of carbonyl (C=O) groups is 1. The van der Waals surface area contributed by atoms with Gasteiger partial charge in [-0.15, -0.1) is 0 Å². The fourth-order valence-electron chi connectivity index (χ4n) is 0.925. The Bertz CT molecular complexity index is 184. The molecule has 1 aliphatic heterocycles. The maximum atomic E-state index is 10.3. The summed E-state index contributed by atoms with van der Waals surface area (Å²) in [6, 6.07) is 1.89. The van der Waals surface area contributed by atoms with Gasteiger partial charge < -0.3 is 9.84 Å². The van der Waals surface area contributed by atoms with E-state index >= 15 is 0 Å².